The highest BCUT2D eigenvalue weighted by Crippen LogP contribution is 2.19. The van der Waals surface area contributed by atoms with Crippen molar-refractivity contribution in [1.29, 1.82) is 0 Å². The molecule has 0 aromatic carbocycles. The molecule has 1 N–H and O–H groups in total. The van der Waals surface area contributed by atoms with E-state index in [0.717, 1.165) is 74.2 Å². The zero-order valence-corrected chi connectivity index (χ0v) is 18.6. The van der Waals surface area contributed by atoms with Crippen molar-refractivity contribution in [2.24, 2.45) is 0 Å². The second-order valence-corrected chi connectivity index (χ2v) is 8.90. The molecular formula is C24H30N6O2. The molecule has 1 saturated heterocycles. The standard InChI is InChI=1S/C24H30N6O2/c1-17-23(29-12-5-3-10-21(29)26-17)24(32)25-16-19-8-2-4-11-28(19)13-14-30-22(31)15-18-7-6-9-20(18)27-30/h3,5,10,12,15,19H,2,4,6-9,11,13-14,16H2,1H3,(H,25,32). The molecule has 1 aliphatic carbocycles. The van der Waals surface area contributed by atoms with E-state index >= 15 is 0 Å². The fraction of sp³-hybridized carbons (Fsp3) is 0.500. The van der Waals surface area contributed by atoms with Crippen molar-refractivity contribution >= 4 is 11.6 Å². The number of hydrogen-bond donors (Lipinski definition) is 1. The molecule has 1 unspecified atom stereocenters. The Morgan fingerprint density at radius 3 is 3.00 bits per heavy atom. The number of rotatable bonds is 6. The van der Waals surface area contributed by atoms with Gasteiger partial charge in [0.05, 0.1) is 17.9 Å². The average molecular weight is 435 g/mol. The molecule has 0 saturated carbocycles. The van der Waals surface area contributed by atoms with Crippen LogP contribution in [0.15, 0.2) is 35.3 Å². The number of amides is 1. The van der Waals surface area contributed by atoms with Gasteiger partial charge in [-0.25, -0.2) is 9.67 Å². The van der Waals surface area contributed by atoms with E-state index in [0.29, 0.717) is 18.8 Å². The van der Waals surface area contributed by atoms with Gasteiger partial charge in [0.1, 0.15) is 11.3 Å². The predicted molar refractivity (Wildman–Crippen MR) is 122 cm³/mol. The molecule has 4 heterocycles. The molecule has 1 atom stereocenters. The van der Waals surface area contributed by atoms with E-state index < -0.39 is 0 Å². The number of nitrogens with one attached hydrogen (secondary N) is 1. The fourth-order valence-corrected chi connectivity index (χ4v) is 5.09. The number of pyridine rings is 1. The summed E-state index contributed by atoms with van der Waals surface area (Å²) in [5, 5.41) is 7.74. The van der Waals surface area contributed by atoms with Crippen LogP contribution in [0.5, 0.6) is 0 Å². The van der Waals surface area contributed by atoms with Gasteiger partial charge < -0.3 is 5.32 Å². The van der Waals surface area contributed by atoms with Crippen LogP contribution >= 0.6 is 0 Å². The summed E-state index contributed by atoms with van der Waals surface area (Å²) in [4.78, 5) is 32.3. The number of carbonyl (C=O) groups is 1. The number of likely N-dealkylation sites (tertiary alicyclic amines) is 1. The van der Waals surface area contributed by atoms with E-state index in [2.05, 4.69) is 20.3 Å². The normalized spacial score (nSPS) is 18.7. The molecule has 8 nitrogen and oxygen atoms in total. The number of aromatic nitrogens is 4. The van der Waals surface area contributed by atoms with Gasteiger partial charge in [-0.15, -0.1) is 0 Å². The lowest BCUT2D eigenvalue weighted by Crippen LogP contribution is -2.48. The van der Waals surface area contributed by atoms with Gasteiger partial charge in [0.25, 0.3) is 11.5 Å². The maximum Gasteiger partial charge on any atom is 0.270 e. The Bertz CT molecular complexity index is 1200. The number of piperidine rings is 1. The van der Waals surface area contributed by atoms with E-state index in [9.17, 15) is 9.59 Å². The van der Waals surface area contributed by atoms with Gasteiger partial charge in [-0.1, -0.05) is 12.5 Å². The van der Waals surface area contributed by atoms with Crippen molar-refractivity contribution in [3.8, 4) is 0 Å². The van der Waals surface area contributed by atoms with E-state index in [-0.39, 0.29) is 17.5 Å². The van der Waals surface area contributed by atoms with Crippen LogP contribution in [0.4, 0.5) is 0 Å². The van der Waals surface area contributed by atoms with Crippen LogP contribution in [-0.4, -0.2) is 55.6 Å². The number of carbonyl (C=O) groups excluding carboxylic acids is 1. The zero-order chi connectivity index (χ0) is 22.1. The third-order valence-electron chi connectivity index (χ3n) is 6.79. The lowest BCUT2D eigenvalue weighted by Gasteiger charge is -2.35. The van der Waals surface area contributed by atoms with Gasteiger partial charge in [-0.3, -0.25) is 18.9 Å². The third-order valence-corrected chi connectivity index (χ3v) is 6.79. The summed E-state index contributed by atoms with van der Waals surface area (Å²) in [6.45, 7) is 4.79. The van der Waals surface area contributed by atoms with Crippen molar-refractivity contribution in [3.63, 3.8) is 0 Å². The highest BCUT2D eigenvalue weighted by molar-refractivity contribution is 5.94. The Labute approximate surface area is 187 Å². The van der Waals surface area contributed by atoms with E-state index in [1.807, 2.05) is 35.7 Å². The molecule has 3 aromatic heterocycles. The quantitative estimate of drug-likeness (QED) is 0.641. The van der Waals surface area contributed by atoms with Gasteiger partial charge in [0, 0.05) is 31.4 Å². The van der Waals surface area contributed by atoms with E-state index in [1.54, 1.807) is 10.7 Å². The first-order chi connectivity index (χ1) is 15.6. The van der Waals surface area contributed by atoms with Crippen LogP contribution in [-0.2, 0) is 19.4 Å². The van der Waals surface area contributed by atoms with Gasteiger partial charge in [0.2, 0.25) is 0 Å². The smallest absolute Gasteiger partial charge is 0.270 e. The van der Waals surface area contributed by atoms with Crippen LogP contribution in [0, 0.1) is 6.92 Å². The maximum absolute atomic E-state index is 13.0. The molecule has 0 radical (unpaired) electrons. The number of aryl methyl sites for hydroxylation is 3. The van der Waals surface area contributed by atoms with Crippen LogP contribution in [0.2, 0.25) is 0 Å². The Balaban J connectivity index is 1.24. The lowest BCUT2D eigenvalue weighted by molar-refractivity contribution is 0.0903. The molecule has 1 fully saturated rings. The molecule has 3 aromatic rings. The minimum absolute atomic E-state index is 0.00408. The van der Waals surface area contributed by atoms with Crippen molar-refractivity contribution < 1.29 is 4.79 Å². The Kier molecular flexibility index (Phi) is 5.78. The predicted octanol–water partition coefficient (Wildman–Crippen LogP) is 1.97. The van der Waals surface area contributed by atoms with Crippen molar-refractivity contribution in [1.82, 2.24) is 29.4 Å². The molecule has 5 rings (SSSR count). The fourth-order valence-electron chi connectivity index (χ4n) is 5.09. The van der Waals surface area contributed by atoms with Crippen LogP contribution in [0.25, 0.3) is 5.65 Å². The van der Waals surface area contributed by atoms with Crippen molar-refractivity contribution in [3.05, 3.63) is 63.5 Å². The highest BCUT2D eigenvalue weighted by Gasteiger charge is 2.24. The first kappa shape index (κ1) is 20.9. The SMILES string of the molecule is Cc1nc2ccccn2c1C(=O)NCC1CCCCN1CCn1nc2c(cc1=O)CCC2. The van der Waals surface area contributed by atoms with Crippen LogP contribution in [0.3, 0.4) is 0 Å². The van der Waals surface area contributed by atoms with Crippen molar-refractivity contribution in [2.75, 3.05) is 19.6 Å². The average Bonchev–Trinajstić information content (AvgIpc) is 3.39. The molecule has 1 amide bonds. The van der Waals surface area contributed by atoms with Crippen molar-refractivity contribution in [2.45, 2.75) is 58.0 Å². The highest BCUT2D eigenvalue weighted by atomic mass is 16.2. The molecule has 2 aliphatic rings. The van der Waals surface area contributed by atoms with Gasteiger partial charge in [0.15, 0.2) is 0 Å². The number of fused-ring (bicyclic) bond motifs is 2. The summed E-state index contributed by atoms with van der Waals surface area (Å²) in [6.07, 6.45) is 8.24. The first-order valence-corrected chi connectivity index (χ1v) is 11.7. The summed E-state index contributed by atoms with van der Waals surface area (Å²) in [7, 11) is 0. The summed E-state index contributed by atoms with van der Waals surface area (Å²) in [5.41, 5.74) is 4.30. The summed E-state index contributed by atoms with van der Waals surface area (Å²) in [6, 6.07) is 7.76. The van der Waals surface area contributed by atoms with E-state index in [4.69, 9.17) is 0 Å². The molecule has 1 aliphatic heterocycles. The van der Waals surface area contributed by atoms with Crippen LogP contribution < -0.4 is 10.9 Å². The molecule has 0 bridgehead atoms. The summed E-state index contributed by atoms with van der Waals surface area (Å²) >= 11 is 0. The Morgan fingerprint density at radius 1 is 1.19 bits per heavy atom. The van der Waals surface area contributed by atoms with E-state index in [1.165, 1.54) is 0 Å². The molecule has 0 spiro atoms. The summed E-state index contributed by atoms with van der Waals surface area (Å²) in [5.74, 6) is -0.0942. The molecular weight excluding hydrogens is 404 g/mol. The summed E-state index contributed by atoms with van der Waals surface area (Å²) < 4.78 is 3.46. The minimum atomic E-state index is -0.0942. The molecule has 168 valence electrons. The van der Waals surface area contributed by atoms with Gasteiger partial charge in [-0.2, -0.15) is 5.10 Å². The monoisotopic (exact) mass is 434 g/mol. The minimum Gasteiger partial charge on any atom is -0.349 e. The number of hydrogen-bond acceptors (Lipinski definition) is 5. The number of nitrogens with zero attached hydrogens (tertiary/aromatic N) is 5. The Morgan fingerprint density at radius 2 is 2.09 bits per heavy atom. The molecule has 32 heavy (non-hydrogen) atoms. The molecule has 8 heteroatoms. The third kappa shape index (κ3) is 4.07. The second kappa shape index (κ2) is 8.86. The zero-order valence-electron chi connectivity index (χ0n) is 18.6. The first-order valence-electron chi connectivity index (χ1n) is 11.7. The maximum atomic E-state index is 13.0. The van der Waals surface area contributed by atoms with Crippen LogP contribution in [0.1, 0.15) is 53.1 Å². The Hall–Kier alpha value is -3.00. The second-order valence-electron chi connectivity index (χ2n) is 8.90. The largest absolute Gasteiger partial charge is 0.349 e. The lowest BCUT2D eigenvalue weighted by atomic mass is 10.0. The van der Waals surface area contributed by atoms with Gasteiger partial charge >= 0.3 is 0 Å². The topological polar surface area (TPSA) is 84.5 Å². The van der Waals surface area contributed by atoms with Gasteiger partial charge in [-0.05, 0) is 63.3 Å². The number of imidazole rings is 1.